The summed E-state index contributed by atoms with van der Waals surface area (Å²) in [7, 11) is 0. The maximum absolute atomic E-state index is 13.7. The number of nitrogens with zero attached hydrogens (tertiary/aromatic N) is 2. The number of carbonyl (C=O) groups excluding carboxylic acids is 2. The smallest absolute Gasteiger partial charge is 0.329 e. The first kappa shape index (κ1) is 28.7. The lowest BCUT2D eigenvalue weighted by Gasteiger charge is -2.24. The van der Waals surface area contributed by atoms with E-state index in [1.54, 1.807) is 62.7 Å². The Bertz CT molecular complexity index is 1490. The van der Waals surface area contributed by atoms with Crippen LogP contribution < -0.4 is 5.32 Å². The number of carbonyl (C=O) groups is 2. The Balaban J connectivity index is 1.76. The fourth-order valence-corrected chi connectivity index (χ4v) is 4.74. The van der Waals surface area contributed by atoms with Gasteiger partial charge in [-0.1, -0.05) is 77.3 Å². The topological polar surface area (TPSA) is 73.2 Å². The van der Waals surface area contributed by atoms with E-state index in [-0.39, 0.29) is 12.1 Å². The fourth-order valence-electron chi connectivity index (χ4n) is 4.13. The predicted molar refractivity (Wildman–Crippen MR) is 156 cm³/mol. The van der Waals surface area contributed by atoms with Gasteiger partial charge in [-0.2, -0.15) is 5.10 Å². The summed E-state index contributed by atoms with van der Waals surface area (Å²) in [6.07, 6.45) is 0.258. The van der Waals surface area contributed by atoms with Crippen molar-refractivity contribution in [3.63, 3.8) is 0 Å². The van der Waals surface area contributed by atoms with E-state index >= 15 is 0 Å². The molecule has 1 heterocycles. The lowest BCUT2D eigenvalue weighted by atomic mass is 10.0. The number of hydrogen-bond donors (Lipinski definition) is 1. The number of halogens is 3. The molecule has 0 fully saturated rings. The average Bonchev–Trinajstić information content (AvgIpc) is 3.20. The molecule has 39 heavy (non-hydrogen) atoms. The molecule has 4 aromatic rings. The van der Waals surface area contributed by atoms with Gasteiger partial charge in [0.1, 0.15) is 11.6 Å². The van der Waals surface area contributed by atoms with E-state index in [4.69, 9.17) is 39.5 Å². The summed E-state index contributed by atoms with van der Waals surface area (Å²) < 4.78 is 7.23. The Morgan fingerprint density at radius 2 is 1.59 bits per heavy atom. The number of nitrogens with one attached hydrogen (secondary N) is 1. The van der Waals surface area contributed by atoms with Crippen molar-refractivity contribution in [2.75, 3.05) is 0 Å². The van der Waals surface area contributed by atoms with Crippen LogP contribution in [0.3, 0.4) is 0 Å². The molecule has 0 spiro atoms. The average molecular weight is 585 g/mol. The van der Waals surface area contributed by atoms with Crippen LogP contribution in [-0.2, 0) is 16.0 Å². The number of esters is 1. The van der Waals surface area contributed by atoms with Crippen LogP contribution >= 0.6 is 34.8 Å². The molecule has 0 saturated heterocycles. The zero-order valence-electron chi connectivity index (χ0n) is 22.0. The normalized spacial score (nSPS) is 12.2. The maximum Gasteiger partial charge on any atom is 0.329 e. The highest BCUT2D eigenvalue weighted by Crippen LogP contribution is 2.33. The summed E-state index contributed by atoms with van der Waals surface area (Å²) >= 11 is 18.8. The summed E-state index contributed by atoms with van der Waals surface area (Å²) in [5, 5.41) is 8.92. The minimum atomic E-state index is -0.929. The second-order valence-corrected chi connectivity index (χ2v) is 11.4. The third-order valence-corrected chi connectivity index (χ3v) is 6.66. The van der Waals surface area contributed by atoms with Gasteiger partial charge in [0.25, 0.3) is 5.91 Å². The van der Waals surface area contributed by atoms with E-state index in [2.05, 4.69) is 10.4 Å². The number of rotatable bonds is 7. The molecule has 0 unspecified atom stereocenters. The standard InChI is InChI=1S/C30H28Cl3N3O3/c1-18-26(28(37)34-24(29(38)39-30(2,3)4)16-19-8-6-5-7-9-19)35-36(25-15-14-22(32)17-23(25)33)27(18)20-10-12-21(31)13-11-20/h5-15,17,24H,16H2,1-4H3,(H,34,37)/t24-/m0/s1. The van der Waals surface area contributed by atoms with Crippen LogP contribution in [0.1, 0.15) is 42.4 Å². The van der Waals surface area contributed by atoms with Gasteiger partial charge in [0.2, 0.25) is 0 Å². The van der Waals surface area contributed by atoms with Gasteiger partial charge in [0, 0.05) is 27.6 Å². The maximum atomic E-state index is 13.7. The molecule has 4 rings (SSSR count). The summed E-state index contributed by atoms with van der Waals surface area (Å²) in [6, 6.07) is 20.7. The second kappa shape index (κ2) is 11.8. The molecule has 3 aromatic carbocycles. The molecule has 1 atom stereocenters. The Morgan fingerprint density at radius 1 is 0.949 bits per heavy atom. The van der Waals surface area contributed by atoms with Gasteiger partial charge in [-0.15, -0.1) is 0 Å². The van der Waals surface area contributed by atoms with Crippen molar-refractivity contribution in [2.45, 2.75) is 45.8 Å². The predicted octanol–water partition coefficient (Wildman–Crippen LogP) is 7.49. The van der Waals surface area contributed by atoms with E-state index in [9.17, 15) is 9.59 Å². The zero-order chi connectivity index (χ0) is 28.3. The van der Waals surface area contributed by atoms with Crippen LogP contribution in [0, 0.1) is 6.92 Å². The molecule has 1 amide bonds. The minimum absolute atomic E-state index is 0.146. The Morgan fingerprint density at radius 3 is 2.21 bits per heavy atom. The van der Waals surface area contributed by atoms with Crippen molar-refractivity contribution in [3.8, 4) is 16.9 Å². The third-order valence-electron chi connectivity index (χ3n) is 5.87. The van der Waals surface area contributed by atoms with Crippen molar-refractivity contribution in [3.05, 3.63) is 105 Å². The zero-order valence-corrected chi connectivity index (χ0v) is 24.2. The summed E-state index contributed by atoms with van der Waals surface area (Å²) in [6.45, 7) is 7.15. The highest BCUT2D eigenvalue weighted by atomic mass is 35.5. The van der Waals surface area contributed by atoms with Crippen molar-refractivity contribution in [2.24, 2.45) is 0 Å². The van der Waals surface area contributed by atoms with Gasteiger partial charge in [-0.05, 0) is 63.6 Å². The number of aromatic nitrogens is 2. The largest absolute Gasteiger partial charge is 0.458 e. The monoisotopic (exact) mass is 583 g/mol. The van der Waals surface area contributed by atoms with Crippen molar-refractivity contribution in [1.29, 1.82) is 0 Å². The lowest BCUT2D eigenvalue weighted by molar-refractivity contribution is -0.157. The molecule has 0 aliphatic rings. The number of benzene rings is 3. The van der Waals surface area contributed by atoms with Crippen LogP contribution in [0.15, 0.2) is 72.8 Å². The van der Waals surface area contributed by atoms with Gasteiger partial charge < -0.3 is 10.1 Å². The van der Waals surface area contributed by atoms with Gasteiger partial charge in [0.15, 0.2) is 5.69 Å². The highest BCUT2D eigenvalue weighted by Gasteiger charge is 2.30. The fraction of sp³-hybridized carbons (Fsp3) is 0.233. The molecule has 0 saturated carbocycles. The summed E-state index contributed by atoms with van der Waals surface area (Å²) in [5.74, 6) is -1.05. The molecule has 0 aliphatic heterocycles. The number of ether oxygens (including phenoxy) is 1. The molecule has 0 aliphatic carbocycles. The quantitative estimate of drug-likeness (QED) is 0.228. The molecule has 9 heteroatoms. The molecule has 0 radical (unpaired) electrons. The summed E-state index contributed by atoms with van der Waals surface area (Å²) in [4.78, 5) is 26.8. The van der Waals surface area contributed by atoms with Crippen LogP contribution in [0.4, 0.5) is 0 Å². The van der Waals surface area contributed by atoms with E-state index in [0.717, 1.165) is 11.1 Å². The molecule has 1 N–H and O–H groups in total. The lowest BCUT2D eigenvalue weighted by Crippen LogP contribution is -2.45. The van der Waals surface area contributed by atoms with E-state index in [1.165, 1.54) is 0 Å². The molecular weight excluding hydrogens is 557 g/mol. The Hall–Kier alpha value is -3.32. The Kier molecular flexibility index (Phi) is 8.70. The minimum Gasteiger partial charge on any atom is -0.458 e. The Labute approximate surface area is 242 Å². The molecule has 1 aromatic heterocycles. The third kappa shape index (κ3) is 7.01. The van der Waals surface area contributed by atoms with Crippen LogP contribution in [0.25, 0.3) is 16.9 Å². The SMILES string of the molecule is Cc1c(C(=O)N[C@@H](Cc2ccccc2)C(=O)OC(C)(C)C)nn(-c2ccc(Cl)cc2Cl)c1-c1ccc(Cl)cc1. The van der Waals surface area contributed by atoms with Crippen LogP contribution in [0.5, 0.6) is 0 Å². The van der Waals surface area contributed by atoms with E-state index in [1.807, 2.05) is 42.5 Å². The molecule has 0 bridgehead atoms. The van der Waals surface area contributed by atoms with E-state index in [0.29, 0.717) is 32.0 Å². The van der Waals surface area contributed by atoms with Gasteiger partial charge in [-0.25, -0.2) is 9.48 Å². The molecule has 202 valence electrons. The number of amides is 1. The first-order valence-electron chi connectivity index (χ1n) is 12.3. The molecule has 6 nitrogen and oxygen atoms in total. The van der Waals surface area contributed by atoms with E-state index < -0.39 is 23.5 Å². The van der Waals surface area contributed by atoms with Crippen molar-refractivity contribution < 1.29 is 14.3 Å². The van der Waals surface area contributed by atoms with Crippen molar-refractivity contribution >= 4 is 46.7 Å². The number of hydrogen-bond acceptors (Lipinski definition) is 4. The van der Waals surface area contributed by atoms with Gasteiger partial charge >= 0.3 is 5.97 Å². The van der Waals surface area contributed by atoms with Crippen LogP contribution in [-0.4, -0.2) is 33.3 Å². The summed E-state index contributed by atoms with van der Waals surface area (Å²) in [5.41, 5.74) is 2.88. The first-order valence-corrected chi connectivity index (χ1v) is 13.4. The van der Waals surface area contributed by atoms with Crippen molar-refractivity contribution in [1.82, 2.24) is 15.1 Å². The molecular formula is C30H28Cl3N3O3. The van der Waals surface area contributed by atoms with Crippen LogP contribution in [0.2, 0.25) is 15.1 Å². The second-order valence-electron chi connectivity index (χ2n) is 10.1. The highest BCUT2D eigenvalue weighted by molar-refractivity contribution is 6.35. The first-order chi connectivity index (χ1) is 18.4. The van der Waals surface area contributed by atoms with Gasteiger partial charge in [-0.3, -0.25) is 4.79 Å². The van der Waals surface area contributed by atoms with Gasteiger partial charge in [0.05, 0.1) is 16.4 Å².